The molecular formula is C46H77O13P. The number of unbranched alkanes of at least 4 members (excludes halogenated alkanes) is 11. The predicted octanol–water partition coefficient (Wildman–Crippen LogP) is 8.33. The van der Waals surface area contributed by atoms with Crippen molar-refractivity contribution < 1.29 is 63.1 Å². The van der Waals surface area contributed by atoms with Crippen LogP contribution < -0.4 is 0 Å². The number of rotatable bonds is 35. The Bertz CT molecular complexity index is 1330. The number of phosphoric acid groups is 1. The van der Waals surface area contributed by atoms with E-state index in [-0.39, 0.29) is 12.8 Å². The van der Waals surface area contributed by atoms with Gasteiger partial charge in [0.15, 0.2) is 6.10 Å². The van der Waals surface area contributed by atoms with Crippen molar-refractivity contribution in [3.05, 3.63) is 72.9 Å². The zero-order chi connectivity index (χ0) is 44.3. The molecule has 8 atom stereocenters. The lowest BCUT2D eigenvalue weighted by Gasteiger charge is -2.41. The molecule has 0 aromatic carbocycles. The molecule has 0 radical (unpaired) electrons. The van der Waals surface area contributed by atoms with Crippen LogP contribution >= 0.6 is 7.82 Å². The second-order valence-electron chi connectivity index (χ2n) is 15.2. The molecule has 1 aliphatic carbocycles. The Morgan fingerprint density at radius 1 is 0.517 bits per heavy atom. The summed E-state index contributed by atoms with van der Waals surface area (Å²) in [6.07, 6.45) is 31.0. The van der Waals surface area contributed by atoms with E-state index >= 15 is 0 Å². The minimum atomic E-state index is -5.13. The lowest BCUT2D eigenvalue weighted by Crippen LogP contribution is -2.64. The molecule has 0 bridgehead atoms. The summed E-state index contributed by atoms with van der Waals surface area (Å²) in [7, 11) is -5.13. The quantitative estimate of drug-likeness (QED) is 0.0153. The summed E-state index contributed by atoms with van der Waals surface area (Å²) in [5.74, 6) is -1.16. The monoisotopic (exact) mass is 869 g/mol. The SMILES string of the molecule is CCC/C=C/C/C=C/C/C=C/C/C=C/CCCCCC(=O)O[C@H](COC(=O)CCCCCCC/C=C/C/C=C/CCCC)COP(=O)(O)OC1C(O)C(O)C(O)[C@@H](O)C1O. The molecule has 0 amide bonds. The number of ether oxygens (including phenoxy) is 2. The number of hydrogen-bond acceptors (Lipinski definition) is 12. The largest absolute Gasteiger partial charge is 0.472 e. The van der Waals surface area contributed by atoms with E-state index in [0.29, 0.717) is 12.8 Å². The molecule has 6 unspecified atom stereocenters. The van der Waals surface area contributed by atoms with Gasteiger partial charge >= 0.3 is 19.8 Å². The molecular weight excluding hydrogens is 791 g/mol. The first-order chi connectivity index (χ1) is 28.9. The normalized spacial score (nSPS) is 22.9. The van der Waals surface area contributed by atoms with Crippen LogP contribution in [-0.4, -0.2) is 98.3 Å². The van der Waals surface area contributed by atoms with E-state index in [9.17, 15) is 44.6 Å². The standard InChI is InChI=1S/C46H77O13P/c1-3-5-7-9-11-13-15-17-19-20-21-23-25-27-29-31-33-35-40(48)58-38(37-57-60(54,55)59-46-44(52)42(50)41(49)43(51)45(46)53)36-56-39(47)34-32-30-28-26-24-22-18-16-14-12-10-8-6-4-2/h7,9-10,12-13,15-16,18-20,23,25,38,41-46,49-53H,3-6,8,11,14,17,21-22,24,26-37H2,1-2H3,(H,54,55)/b9-7+,12-10+,15-13+,18-16+,20-19+,25-23+/t38-,41?,42-,43?,44?,45?,46?/m1/s1. The number of carbonyl (C=O) groups excluding carboxylic acids is 2. The Kier molecular flexibility index (Phi) is 33.0. The molecule has 1 aliphatic rings. The van der Waals surface area contributed by atoms with Crippen molar-refractivity contribution in [2.45, 2.75) is 191 Å². The zero-order valence-corrected chi connectivity index (χ0v) is 37.1. The fourth-order valence-corrected chi connectivity index (χ4v) is 7.09. The molecule has 0 heterocycles. The molecule has 60 heavy (non-hydrogen) atoms. The minimum Gasteiger partial charge on any atom is -0.462 e. The van der Waals surface area contributed by atoms with E-state index in [2.05, 4.69) is 86.8 Å². The van der Waals surface area contributed by atoms with Crippen LogP contribution in [0.5, 0.6) is 0 Å². The van der Waals surface area contributed by atoms with Crippen LogP contribution in [0.4, 0.5) is 0 Å². The number of esters is 2. The first-order valence-corrected chi connectivity index (χ1v) is 23.7. The number of aliphatic hydroxyl groups is 5. The van der Waals surface area contributed by atoms with Crippen molar-refractivity contribution in [1.29, 1.82) is 0 Å². The van der Waals surface area contributed by atoms with Crippen molar-refractivity contribution in [2.24, 2.45) is 0 Å². The summed E-state index contributed by atoms with van der Waals surface area (Å²) in [4.78, 5) is 35.6. The smallest absolute Gasteiger partial charge is 0.462 e. The third-order valence-electron chi connectivity index (χ3n) is 9.75. The molecule has 0 spiro atoms. The number of aliphatic hydroxyl groups excluding tert-OH is 5. The molecule has 0 aliphatic heterocycles. The Morgan fingerprint density at radius 3 is 1.45 bits per heavy atom. The summed E-state index contributed by atoms with van der Waals surface area (Å²) in [5, 5.41) is 50.1. The van der Waals surface area contributed by atoms with Crippen molar-refractivity contribution in [1.82, 2.24) is 0 Å². The van der Waals surface area contributed by atoms with E-state index in [0.717, 1.165) is 89.9 Å². The second-order valence-corrected chi connectivity index (χ2v) is 16.6. The Labute approximate surface area is 359 Å². The van der Waals surface area contributed by atoms with Gasteiger partial charge in [0, 0.05) is 12.8 Å². The van der Waals surface area contributed by atoms with Crippen molar-refractivity contribution in [3.8, 4) is 0 Å². The van der Waals surface area contributed by atoms with Gasteiger partial charge in [0.05, 0.1) is 6.61 Å². The number of phosphoric ester groups is 1. The topological polar surface area (TPSA) is 210 Å². The van der Waals surface area contributed by atoms with Gasteiger partial charge < -0.3 is 39.9 Å². The Morgan fingerprint density at radius 2 is 0.933 bits per heavy atom. The lowest BCUT2D eigenvalue weighted by molar-refractivity contribution is -0.220. The number of allylic oxidation sites excluding steroid dienone is 12. The van der Waals surface area contributed by atoms with Crippen molar-refractivity contribution in [3.63, 3.8) is 0 Å². The summed E-state index contributed by atoms with van der Waals surface area (Å²) in [6, 6.07) is 0. The highest BCUT2D eigenvalue weighted by molar-refractivity contribution is 7.47. The van der Waals surface area contributed by atoms with E-state index in [4.69, 9.17) is 18.5 Å². The lowest BCUT2D eigenvalue weighted by atomic mass is 9.85. The van der Waals surface area contributed by atoms with E-state index in [1.165, 1.54) is 19.3 Å². The molecule has 14 heteroatoms. The van der Waals surface area contributed by atoms with Gasteiger partial charge in [-0.25, -0.2) is 4.57 Å². The summed E-state index contributed by atoms with van der Waals surface area (Å²) >= 11 is 0. The van der Waals surface area contributed by atoms with Crippen LogP contribution in [0.3, 0.4) is 0 Å². The summed E-state index contributed by atoms with van der Waals surface area (Å²) < 4.78 is 33.4. The third-order valence-corrected chi connectivity index (χ3v) is 10.7. The van der Waals surface area contributed by atoms with Crippen LogP contribution in [-0.2, 0) is 32.7 Å². The fourth-order valence-electron chi connectivity index (χ4n) is 6.12. The average Bonchev–Trinajstić information content (AvgIpc) is 3.23. The average molecular weight is 869 g/mol. The van der Waals surface area contributed by atoms with Gasteiger partial charge in [0.1, 0.15) is 43.2 Å². The van der Waals surface area contributed by atoms with Crippen molar-refractivity contribution in [2.75, 3.05) is 13.2 Å². The molecule has 1 fully saturated rings. The van der Waals surface area contributed by atoms with Gasteiger partial charge in [0.25, 0.3) is 0 Å². The van der Waals surface area contributed by atoms with Gasteiger partial charge in [-0.2, -0.15) is 0 Å². The number of carbonyl (C=O) groups is 2. The predicted molar refractivity (Wildman–Crippen MR) is 235 cm³/mol. The molecule has 1 saturated carbocycles. The van der Waals surface area contributed by atoms with Gasteiger partial charge in [-0.05, 0) is 77.0 Å². The molecule has 344 valence electrons. The second kappa shape index (κ2) is 35.8. The highest BCUT2D eigenvalue weighted by atomic mass is 31.2. The molecule has 1 rings (SSSR count). The van der Waals surface area contributed by atoms with Crippen LogP contribution in [0.1, 0.15) is 149 Å². The Balaban J connectivity index is 2.53. The van der Waals surface area contributed by atoms with Crippen LogP contribution in [0, 0.1) is 0 Å². The van der Waals surface area contributed by atoms with E-state index in [1.807, 2.05) is 0 Å². The van der Waals surface area contributed by atoms with E-state index < -0.39 is 75.7 Å². The summed E-state index contributed by atoms with van der Waals surface area (Å²) in [5.41, 5.74) is 0. The van der Waals surface area contributed by atoms with Crippen LogP contribution in [0.2, 0.25) is 0 Å². The maximum atomic E-state index is 12.8. The maximum absolute atomic E-state index is 12.8. The summed E-state index contributed by atoms with van der Waals surface area (Å²) in [6.45, 7) is 3.13. The van der Waals surface area contributed by atoms with Gasteiger partial charge in [-0.1, -0.05) is 132 Å². The Hall–Kier alpha value is -2.71. The number of hydrogen-bond donors (Lipinski definition) is 6. The van der Waals surface area contributed by atoms with Crippen molar-refractivity contribution >= 4 is 19.8 Å². The molecule has 0 aromatic rings. The molecule has 13 nitrogen and oxygen atoms in total. The minimum absolute atomic E-state index is 0.0521. The third kappa shape index (κ3) is 28.0. The molecule has 6 N–H and O–H groups in total. The fraction of sp³-hybridized carbons (Fsp3) is 0.696. The first-order valence-electron chi connectivity index (χ1n) is 22.2. The molecule has 0 aromatic heterocycles. The zero-order valence-electron chi connectivity index (χ0n) is 36.2. The first kappa shape index (κ1) is 55.3. The van der Waals surface area contributed by atoms with Gasteiger partial charge in [0.2, 0.25) is 0 Å². The maximum Gasteiger partial charge on any atom is 0.472 e. The molecule has 0 saturated heterocycles. The highest BCUT2D eigenvalue weighted by Crippen LogP contribution is 2.47. The van der Waals surface area contributed by atoms with Crippen LogP contribution in [0.25, 0.3) is 0 Å². The van der Waals surface area contributed by atoms with Gasteiger partial charge in [-0.3, -0.25) is 18.6 Å². The highest BCUT2D eigenvalue weighted by Gasteiger charge is 2.51. The van der Waals surface area contributed by atoms with Gasteiger partial charge in [-0.15, -0.1) is 0 Å². The van der Waals surface area contributed by atoms with E-state index in [1.54, 1.807) is 0 Å². The van der Waals surface area contributed by atoms with Crippen LogP contribution in [0.15, 0.2) is 72.9 Å².